The zero-order chi connectivity index (χ0) is 19.9. The number of benzene rings is 3. The third-order valence-electron chi connectivity index (χ3n) is 4.01. The van der Waals surface area contributed by atoms with Crippen LogP contribution in [-0.4, -0.2) is 22.4 Å². The maximum absolute atomic E-state index is 12.6. The molecule has 0 unspecified atom stereocenters. The molecule has 3 aromatic carbocycles. The molecule has 0 radical (unpaired) electrons. The van der Waals surface area contributed by atoms with Gasteiger partial charge in [0.05, 0.1) is 11.1 Å². The van der Waals surface area contributed by atoms with Crippen LogP contribution in [0.4, 0.5) is 13.2 Å². The average Bonchev–Trinajstić information content (AvgIpc) is 2.67. The van der Waals surface area contributed by atoms with Crippen LogP contribution >= 0.6 is 12.0 Å². The number of rotatable bonds is 4. The van der Waals surface area contributed by atoms with Crippen molar-refractivity contribution in [3.63, 3.8) is 0 Å². The molecule has 0 N–H and O–H groups in total. The van der Waals surface area contributed by atoms with Gasteiger partial charge in [-0.05, 0) is 30.3 Å². The fraction of sp³-hybridized carbons (Fsp3) is 0.0526. The molecule has 4 rings (SSSR count). The molecule has 0 aromatic heterocycles. The van der Waals surface area contributed by atoms with Crippen molar-refractivity contribution in [2.75, 3.05) is 0 Å². The van der Waals surface area contributed by atoms with E-state index in [1.54, 1.807) is 36.4 Å². The molecule has 0 bridgehead atoms. The molecule has 0 aliphatic carbocycles. The fourth-order valence-electron chi connectivity index (χ4n) is 2.90. The number of halogens is 3. The Balaban J connectivity index is 1.77. The van der Waals surface area contributed by atoms with E-state index in [1.165, 1.54) is 18.2 Å². The Kier molecular flexibility index (Phi) is 4.48. The van der Waals surface area contributed by atoms with Gasteiger partial charge in [0, 0.05) is 10.8 Å². The van der Waals surface area contributed by atoms with E-state index in [0.717, 1.165) is 0 Å². The maximum Gasteiger partial charge on any atom is 0.470 e. The summed E-state index contributed by atoms with van der Waals surface area (Å²) in [6.07, 6.45) is 0. The van der Waals surface area contributed by atoms with Gasteiger partial charge in [0.2, 0.25) is 0 Å². The van der Waals surface area contributed by atoms with E-state index in [4.69, 9.17) is 4.74 Å². The summed E-state index contributed by atoms with van der Waals surface area (Å²) < 4.78 is 47.5. The SMILES string of the molecule is O=C1c2cccc3c(Oc4ccccc4)ccc(c23)C(=O)N1OSC(F)(F)F. The molecule has 1 heterocycles. The van der Waals surface area contributed by atoms with Crippen molar-refractivity contribution in [1.29, 1.82) is 0 Å². The summed E-state index contributed by atoms with van der Waals surface area (Å²) >= 11 is -0.924. The minimum absolute atomic E-state index is 0.0494. The fourth-order valence-corrected chi connectivity index (χ4v) is 3.19. The van der Waals surface area contributed by atoms with Crippen molar-refractivity contribution < 1.29 is 31.8 Å². The Hall–Kier alpha value is -3.04. The number of ether oxygens (including phenoxy) is 1. The highest BCUT2D eigenvalue weighted by atomic mass is 32.2. The number of hydrogen-bond acceptors (Lipinski definition) is 5. The number of hydrogen-bond donors (Lipinski definition) is 0. The Morgan fingerprint density at radius 2 is 1.50 bits per heavy atom. The van der Waals surface area contributed by atoms with Gasteiger partial charge in [-0.2, -0.15) is 17.5 Å². The average molecular weight is 405 g/mol. The van der Waals surface area contributed by atoms with Gasteiger partial charge in [0.1, 0.15) is 23.5 Å². The third kappa shape index (κ3) is 3.30. The highest BCUT2D eigenvalue weighted by Crippen LogP contribution is 2.39. The maximum atomic E-state index is 12.6. The van der Waals surface area contributed by atoms with E-state index >= 15 is 0 Å². The number of alkyl halides is 3. The summed E-state index contributed by atoms with van der Waals surface area (Å²) in [5.74, 6) is -0.983. The van der Waals surface area contributed by atoms with Gasteiger partial charge in [-0.3, -0.25) is 9.59 Å². The van der Waals surface area contributed by atoms with E-state index in [1.807, 2.05) is 6.07 Å². The van der Waals surface area contributed by atoms with Gasteiger partial charge < -0.3 is 4.74 Å². The Labute approximate surface area is 160 Å². The van der Waals surface area contributed by atoms with Crippen LogP contribution in [0.3, 0.4) is 0 Å². The first kappa shape index (κ1) is 18.3. The van der Waals surface area contributed by atoms with Gasteiger partial charge in [-0.15, -0.1) is 5.06 Å². The predicted octanol–water partition coefficient (Wildman–Crippen LogP) is 5.33. The molecule has 3 aromatic rings. The molecule has 0 atom stereocenters. The zero-order valence-corrected chi connectivity index (χ0v) is 14.7. The van der Waals surface area contributed by atoms with Gasteiger partial charge >= 0.3 is 5.51 Å². The zero-order valence-electron chi connectivity index (χ0n) is 13.9. The molecule has 0 saturated carbocycles. The smallest absolute Gasteiger partial charge is 0.457 e. The number of hydroxylamine groups is 2. The van der Waals surface area contributed by atoms with E-state index < -0.39 is 29.4 Å². The summed E-state index contributed by atoms with van der Waals surface area (Å²) in [6, 6.07) is 16.5. The van der Waals surface area contributed by atoms with Crippen LogP contribution in [0.5, 0.6) is 11.5 Å². The lowest BCUT2D eigenvalue weighted by atomic mass is 9.94. The van der Waals surface area contributed by atoms with Crippen LogP contribution in [0.25, 0.3) is 10.8 Å². The molecule has 0 spiro atoms. The second-order valence-electron chi connectivity index (χ2n) is 5.76. The molecule has 5 nitrogen and oxygen atoms in total. The third-order valence-corrected chi connectivity index (χ3v) is 4.42. The molecule has 9 heteroatoms. The van der Waals surface area contributed by atoms with Crippen molar-refractivity contribution in [1.82, 2.24) is 5.06 Å². The van der Waals surface area contributed by atoms with Crippen LogP contribution in [0.2, 0.25) is 0 Å². The first-order valence-corrected chi connectivity index (χ1v) is 8.69. The van der Waals surface area contributed by atoms with E-state index in [2.05, 4.69) is 4.28 Å². The highest BCUT2D eigenvalue weighted by molar-refractivity contribution is 7.95. The van der Waals surface area contributed by atoms with Crippen molar-refractivity contribution in [2.45, 2.75) is 5.51 Å². The minimum Gasteiger partial charge on any atom is -0.457 e. The van der Waals surface area contributed by atoms with Crippen LogP contribution < -0.4 is 4.74 Å². The molecule has 142 valence electrons. The molecule has 0 saturated heterocycles. The number of carbonyl (C=O) groups is 2. The number of amides is 2. The second-order valence-corrected chi connectivity index (χ2v) is 6.54. The molecule has 1 aliphatic heterocycles. The largest absolute Gasteiger partial charge is 0.470 e. The minimum atomic E-state index is -4.76. The number of para-hydroxylation sites is 1. The van der Waals surface area contributed by atoms with Crippen molar-refractivity contribution in [3.8, 4) is 11.5 Å². The van der Waals surface area contributed by atoms with Crippen molar-refractivity contribution in [2.24, 2.45) is 0 Å². The van der Waals surface area contributed by atoms with Crippen LogP contribution in [0, 0.1) is 0 Å². The van der Waals surface area contributed by atoms with Crippen LogP contribution in [0.15, 0.2) is 60.7 Å². The summed E-state index contributed by atoms with van der Waals surface area (Å²) in [7, 11) is 0. The predicted molar refractivity (Wildman–Crippen MR) is 95.7 cm³/mol. The number of imide groups is 1. The normalized spacial score (nSPS) is 13.9. The van der Waals surface area contributed by atoms with Crippen LogP contribution in [0.1, 0.15) is 20.7 Å². The molecule has 0 fully saturated rings. The lowest BCUT2D eigenvalue weighted by molar-refractivity contribution is -0.0570. The molecule has 2 amide bonds. The molecule has 1 aliphatic rings. The molecular formula is C19H10F3NO4S. The van der Waals surface area contributed by atoms with Gasteiger partial charge in [0.15, 0.2) is 0 Å². The van der Waals surface area contributed by atoms with E-state index in [9.17, 15) is 22.8 Å². The monoisotopic (exact) mass is 405 g/mol. The first-order valence-electron chi connectivity index (χ1n) is 7.95. The topological polar surface area (TPSA) is 55.8 Å². The summed E-state index contributed by atoms with van der Waals surface area (Å²) in [5, 5.41) is 0.916. The quantitative estimate of drug-likeness (QED) is 0.434. The van der Waals surface area contributed by atoms with Gasteiger partial charge in [0.25, 0.3) is 11.8 Å². The van der Waals surface area contributed by atoms with E-state index in [-0.39, 0.29) is 16.2 Å². The summed E-state index contributed by atoms with van der Waals surface area (Å²) in [5.41, 5.74) is -4.66. The Morgan fingerprint density at radius 1 is 0.821 bits per heavy atom. The number of carbonyl (C=O) groups excluding carboxylic acids is 2. The lowest BCUT2D eigenvalue weighted by Crippen LogP contribution is -2.39. The highest BCUT2D eigenvalue weighted by Gasteiger charge is 2.39. The summed E-state index contributed by atoms with van der Waals surface area (Å²) in [6.45, 7) is 0. The van der Waals surface area contributed by atoms with Crippen LogP contribution in [-0.2, 0) is 4.28 Å². The molecular weight excluding hydrogens is 395 g/mol. The Bertz CT molecular complexity index is 1060. The lowest BCUT2D eigenvalue weighted by Gasteiger charge is -2.25. The molecule has 28 heavy (non-hydrogen) atoms. The second kappa shape index (κ2) is 6.84. The van der Waals surface area contributed by atoms with Crippen molar-refractivity contribution in [3.05, 3.63) is 71.8 Å². The number of nitrogens with zero attached hydrogens (tertiary/aromatic N) is 1. The standard InChI is InChI=1S/C19H10F3NO4S/c20-19(21,22)28-27-23-17(24)13-8-4-7-12-15(26-11-5-2-1-3-6-11)10-9-14(16(12)13)18(23)25/h1-10H. The summed E-state index contributed by atoms with van der Waals surface area (Å²) in [4.78, 5) is 25.1. The van der Waals surface area contributed by atoms with Gasteiger partial charge in [-0.1, -0.05) is 30.3 Å². The van der Waals surface area contributed by atoms with Gasteiger partial charge in [-0.25, -0.2) is 0 Å². The first-order chi connectivity index (χ1) is 13.3. The van der Waals surface area contributed by atoms with Crippen molar-refractivity contribution >= 4 is 34.6 Å². The van der Waals surface area contributed by atoms with E-state index in [0.29, 0.717) is 22.3 Å². The Morgan fingerprint density at radius 3 is 2.18 bits per heavy atom.